The van der Waals surface area contributed by atoms with Crippen molar-refractivity contribution in [3.63, 3.8) is 0 Å². The van der Waals surface area contributed by atoms with E-state index in [1.165, 1.54) is 18.7 Å². The summed E-state index contributed by atoms with van der Waals surface area (Å²) < 4.78 is 0. The molecule has 0 saturated carbocycles. The fourth-order valence-corrected chi connectivity index (χ4v) is 2.04. The first-order valence-electron chi connectivity index (χ1n) is 7.23. The molecule has 0 fully saturated rings. The van der Waals surface area contributed by atoms with Crippen LogP contribution in [0.1, 0.15) is 41.5 Å². The standard InChI is InChI=1S/C14H27N3O4/c1-7-16(8-2)11(18)10(4)15-13(21)17(9-3)14(5,6)12(19)20/h10H,7-9H2,1-6H3,(H,15,21)(H,19,20). The van der Waals surface area contributed by atoms with Crippen LogP contribution in [0.4, 0.5) is 4.79 Å². The lowest BCUT2D eigenvalue weighted by Crippen LogP contribution is -2.59. The van der Waals surface area contributed by atoms with Crippen molar-refractivity contribution in [2.45, 2.75) is 53.1 Å². The van der Waals surface area contributed by atoms with Gasteiger partial charge in [0.1, 0.15) is 11.6 Å². The van der Waals surface area contributed by atoms with Crippen molar-refractivity contribution in [1.29, 1.82) is 0 Å². The Labute approximate surface area is 126 Å². The molecule has 0 rings (SSSR count). The van der Waals surface area contributed by atoms with Crippen molar-refractivity contribution in [1.82, 2.24) is 15.1 Å². The Morgan fingerprint density at radius 3 is 1.90 bits per heavy atom. The van der Waals surface area contributed by atoms with E-state index in [2.05, 4.69) is 5.32 Å². The number of carboxylic acids is 1. The van der Waals surface area contributed by atoms with E-state index in [0.29, 0.717) is 13.1 Å². The Bertz CT molecular complexity index is 392. The number of carboxylic acid groups (broad SMARTS) is 1. The Hall–Kier alpha value is -1.79. The topological polar surface area (TPSA) is 90.0 Å². The van der Waals surface area contributed by atoms with Gasteiger partial charge in [0, 0.05) is 19.6 Å². The Morgan fingerprint density at radius 1 is 1.10 bits per heavy atom. The van der Waals surface area contributed by atoms with Crippen molar-refractivity contribution in [3.8, 4) is 0 Å². The highest BCUT2D eigenvalue weighted by molar-refractivity contribution is 5.89. The number of hydrogen-bond acceptors (Lipinski definition) is 3. The lowest BCUT2D eigenvalue weighted by Gasteiger charge is -2.35. The molecule has 0 aromatic heterocycles. The van der Waals surface area contributed by atoms with Crippen LogP contribution in [0.15, 0.2) is 0 Å². The van der Waals surface area contributed by atoms with Gasteiger partial charge in [-0.15, -0.1) is 0 Å². The SMILES string of the molecule is CCN(CC)C(=O)C(C)NC(=O)N(CC)C(C)(C)C(=O)O. The summed E-state index contributed by atoms with van der Waals surface area (Å²) in [6.07, 6.45) is 0. The highest BCUT2D eigenvalue weighted by Crippen LogP contribution is 2.14. The second-order valence-electron chi connectivity index (χ2n) is 5.29. The number of hydrogen-bond donors (Lipinski definition) is 2. The lowest BCUT2D eigenvalue weighted by atomic mass is 10.0. The van der Waals surface area contributed by atoms with E-state index in [0.717, 1.165) is 0 Å². The third kappa shape index (κ3) is 4.61. The molecular weight excluding hydrogens is 274 g/mol. The number of likely N-dealkylation sites (N-methyl/N-ethyl adjacent to an activating group) is 2. The van der Waals surface area contributed by atoms with Crippen LogP contribution in [0.25, 0.3) is 0 Å². The summed E-state index contributed by atoms with van der Waals surface area (Å²) in [5.74, 6) is -1.28. The first-order valence-corrected chi connectivity index (χ1v) is 7.23. The van der Waals surface area contributed by atoms with Gasteiger partial charge in [0.15, 0.2) is 0 Å². The van der Waals surface area contributed by atoms with E-state index in [4.69, 9.17) is 0 Å². The number of amides is 3. The molecule has 0 radical (unpaired) electrons. The van der Waals surface area contributed by atoms with E-state index in [-0.39, 0.29) is 12.5 Å². The fourth-order valence-electron chi connectivity index (χ4n) is 2.04. The molecule has 0 aliphatic carbocycles. The fraction of sp³-hybridized carbons (Fsp3) is 0.786. The largest absolute Gasteiger partial charge is 0.480 e. The van der Waals surface area contributed by atoms with Gasteiger partial charge in [0.25, 0.3) is 0 Å². The third-order valence-electron chi connectivity index (χ3n) is 3.55. The smallest absolute Gasteiger partial charge is 0.329 e. The van der Waals surface area contributed by atoms with Gasteiger partial charge in [0.2, 0.25) is 5.91 Å². The first kappa shape index (κ1) is 19.2. The van der Waals surface area contributed by atoms with Crippen LogP contribution < -0.4 is 5.32 Å². The molecule has 0 aromatic carbocycles. The Kier molecular flexibility index (Phi) is 7.18. The van der Waals surface area contributed by atoms with Crippen molar-refractivity contribution in [3.05, 3.63) is 0 Å². The zero-order valence-corrected chi connectivity index (χ0v) is 13.8. The second-order valence-corrected chi connectivity index (χ2v) is 5.29. The Balaban J connectivity index is 4.94. The molecule has 122 valence electrons. The van der Waals surface area contributed by atoms with E-state index in [9.17, 15) is 19.5 Å². The van der Waals surface area contributed by atoms with E-state index >= 15 is 0 Å². The minimum Gasteiger partial charge on any atom is -0.480 e. The zero-order chi connectivity index (χ0) is 16.8. The van der Waals surface area contributed by atoms with Crippen LogP contribution in [0, 0.1) is 0 Å². The van der Waals surface area contributed by atoms with Gasteiger partial charge in [-0.3, -0.25) is 4.79 Å². The minimum absolute atomic E-state index is 0.183. The predicted octanol–water partition coefficient (Wildman–Crippen LogP) is 1.14. The van der Waals surface area contributed by atoms with Crippen molar-refractivity contribution in [2.75, 3.05) is 19.6 Å². The Morgan fingerprint density at radius 2 is 1.57 bits per heavy atom. The van der Waals surface area contributed by atoms with Gasteiger partial charge >= 0.3 is 12.0 Å². The molecule has 0 bridgehead atoms. The van der Waals surface area contributed by atoms with Gasteiger partial charge in [-0.25, -0.2) is 9.59 Å². The summed E-state index contributed by atoms with van der Waals surface area (Å²) in [6, 6.07) is -1.26. The number of nitrogens with one attached hydrogen (secondary N) is 1. The number of rotatable bonds is 7. The van der Waals surface area contributed by atoms with Crippen LogP contribution in [0.2, 0.25) is 0 Å². The summed E-state index contributed by atoms with van der Waals surface area (Å²) in [5.41, 5.74) is -1.34. The summed E-state index contributed by atoms with van der Waals surface area (Å²) in [4.78, 5) is 38.4. The lowest BCUT2D eigenvalue weighted by molar-refractivity contribution is -0.147. The molecule has 21 heavy (non-hydrogen) atoms. The van der Waals surface area contributed by atoms with Gasteiger partial charge < -0.3 is 20.2 Å². The highest BCUT2D eigenvalue weighted by atomic mass is 16.4. The van der Waals surface area contributed by atoms with E-state index in [1.54, 1.807) is 18.7 Å². The number of urea groups is 1. The molecular formula is C14H27N3O4. The van der Waals surface area contributed by atoms with E-state index < -0.39 is 23.6 Å². The predicted molar refractivity (Wildman–Crippen MR) is 80.0 cm³/mol. The van der Waals surface area contributed by atoms with Crippen LogP contribution in [-0.4, -0.2) is 64.0 Å². The van der Waals surface area contributed by atoms with Crippen molar-refractivity contribution in [2.24, 2.45) is 0 Å². The molecule has 3 amide bonds. The van der Waals surface area contributed by atoms with Crippen LogP contribution in [0.5, 0.6) is 0 Å². The maximum absolute atomic E-state index is 12.2. The summed E-state index contributed by atoms with van der Waals surface area (Å²) in [7, 11) is 0. The number of nitrogens with zero attached hydrogens (tertiary/aromatic N) is 2. The quantitative estimate of drug-likeness (QED) is 0.738. The van der Waals surface area contributed by atoms with Crippen LogP contribution >= 0.6 is 0 Å². The number of carbonyl (C=O) groups excluding carboxylic acids is 2. The molecule has 0 spiro atoms. The summed E-state index contributed by atoms with van der Waals surface area (Å²) in [5, 5.41) is 11.8. The molecule has 7 heteroatoms. The first-order chi connectivity index (χ1) is 9.63. The maximum Gasteiger partial charge on any atom is 0.329 e. The molecule has 7 nitrogen and oxygen atoms in total. The number of aliphatic carboxylic acids is 1. The van der Waals surface area contributed by atoms with Gasteiger partial charge in [-0.05, 0) is 41.5 Å². The van der Waals surface area contributed by atoms with Crippen molar-refractivity contribution >= 4 is 17.9 Å². The average Bonchev–Trinajstić information content (AvgIpc) is 2.39. The molecule has 0 saturated heterocycles. The molecule has 0 aliphatic heterocycles. The number of carbonyl (C=O) groups is 3. The summed E-state index contributed by atoms with van der Waals surface area (Å²) >= 11 is 0. The monoisotopic (exact) mass is 301 g/mol. The molecule has 0 heterocycles. The molecule has 2 N–H and O–H groups in total. The molecule has 1 atom stereocenters. The van der Waals surface area contributed by atoms with Gasteiger partial charge in [0.05, 0.1) is 0 Å². The molecule has 0 aromatic rings. The van der Waals surface area contributed by atoms with Crippen LogP contribution in [-0.2, 0) is 9.59 Å². The van der Waals surface area contributed by atoms with Crippen LogP contribution in [0.3, 0.4) is 0 Å². The maximum atomic E-state index is 12.2. The van der Waals surface area contributed by atoms with E-state index in [1.807, 2.05) is 13.8 Å². The second kappa shape index (κ2) is 7.85. The van der Waals surface area contributed by atoms with Gasteiger partial charge in [-0.2, -0.15) is 0 Å². The minimum atomic E-state index is -1.34. The molecule has 1 unspecified atom stereocenters. The normalized spacial score (nSPS) is 12.5. The highest BCUT2D eigenvalue weighted by Gasteiger charge is 2.37. The zero-order valence-electron chi connectivity index (χ0n) is 13.8. The summed E-state index contributed by atoms with van der Waals surface area (Å²) in [6.45, 7) is 11.3. The van der Waals surface area contributed by atoms with Gasteiger partial charge in [-0.1, -0.05) is 0 Å². The average molecular weight is 301 g/mol. The van der Waals surface area contributed by atoms with Crippen molar-refractivity contribution < 1.29 is 19.5 Å². The third-order valence-corrected chi connectivity index (χ3v) is 3.55. The molecule has 0 aliphatic rings.